The summed E-state index contributed by atoms with van der Waals surface area (Å²) in [5.74, 6) is 1.81. The first-order valence-corrected chi connectivity index (χ1v) is 7.18. The lowest BCUT2D eigenvalue weighted by Crippen LogP contribution is -2.43. The molecule has 0 aromatic rings. The van der Waals surface area contributed by atoms with Gasteiger partial charge in [0.05, 0.1) is 0 Å². The van der Waals surface area contributed by atoms with Gasteiger partial charge in [-0.3, -0.25) is 4.90 Å². The Balaban J connectivity index is 1.79. The quantitative estimate of drug-likeness (QED) is 0.681. The molecular formula is C14H28N2. The zero-order valence-corrected chi connectivity index (χ0v) is 11.2. The maximum atomic E-state index is 3.49. The van der Waals surface area contributed by atoms with Gasteiger partial charge in [-0.2, -0.15) is 0 Å². The summed E-state index contributed by atoms with van der Waals surface area (Å²) >= 11 is 0. The zero-order chi connectivity index (χ0) is 11.5. The van der Waals surface area contributed by atoms with Gasteiger partial charge in [-0.1, -0.05) is 13.8 Å². The largest absolute Gasteiger partial charge is 0.317 e. The number of hydrogen-bond donors (Lipinski definition) is 1. The SMILES string of the molecule is CCNCC(C)C(C)N(CC1CC1)C1CC1. The Bertz CT molecular complexity index is 209. The molecule has 0 amide bonds. The molecule has 0 spiro atoms. The van der Waals surface area contributed by atoms with E-state index in [1.54, 1.807) is 0 Å². The van der Waals surface area contributed by atoms with E-state index in [0.29, 0.717) is 0 Å². The van der Waals surface area contributed by atoms with Gasteiger partial charge in [0.25, 0.3) is 0 Å². The fourth-order valence-corrected chi connectivity index (χ4v) is 2.52. The van der Waals surface area contributed by atoms with E-state index in [0.717, 1.165) is 30.5 Å². The van der Waals surface area contributed by atoms with Gasteiger partial charge in [0.1, 0.15) is 0 Å². The minimum Gasteiger partial charge on any atom is -0.317 e. The summed E-state index contributed by atoms with van der Waals surface area (Å²) in [5.41, 5.74) is 0. The van der Waals surface area contributed by atoms with E-state index >= 15 is 0 Å². The van der Waals surface area contributed by atoms with Crippen LogP contribution < -0.4 is 5.32 Å². The molecule has 2 saturated carbocycles. The highest BCUT2D eigenvalue weighted by atomic mass is 15.2. The highest BCUT2D eigenvalue weighted by Gasteiger charge is 2.37. The summed E-state index contributed by atoms with van der Waals surface area (Å²) < 4.78 is 0. The molecule has 2 unspecified atom stereocenters. The fourth-order valence-electron chi connectivity index (χ4n) is 2.52. The second-order valence-electron chi connectivity index (χ2n) is 5.90. The molecule has 0 saturated heterocycles. The van der Waals surface area contributed by atoms with Crippen LogP contribution in [0.5, 0.6) is 0 Å². The molecule has 0 bridgehead atoms. The predicted molar refractivity (Wildman–Crippen MR) is 69.6 cm³/mol. The third-order valence-electron chi connectivity index (χ3n) is 4.24. The van der Waals surface area contributed by atoms with Crippen LogP contribution in [-0.2, 0) is 0 Å². The second-order valence-corrected chi connectivity index (χ2v) is 5.90. The van der Waals surface area contributed by atoms with Crippen molar-refractivity contribution in [2.45, 2.75) is 58.5 Å². The molecule has 2 rings (SSSR count). The number of nitrogens with one attached hydrogen (secondary N) is 1. The van der Waals surface area contributed by atoms with E-state index in [1.165, 1.54) is 38.8 Å². The second kappa shape index (κ2) is 5.50. The van der Waals surface area contributed by atoms with Crippen LogP contribution in [0.2, 0.25) is 0 Å². The normalized spacial score (nSPS) is 24.8. The van der Waals surface area contributed by atoms with Crippen molar-refractivity contribution in [1.82, 2.24) is 10.2 Å². The minimum absolute atomic E-state index is 0.757. The smallest absolute Gasteiger partial charge is 0.0108 e. The van der Waals surface area contributed by atoms with Crippen LogP contribution in [0.4, 0.5) is 0 Å². The van der Waals surface area contributed by atoms with Gasteiger partial charge in [0.2, 0.25) is 0 Å². The third-order valence-corrected chi connectivity index (χ3v) is 4.24. The van der Waals surface area contributed by atoms with Crippen molar-refractivity contribution < 1.29 is 0 Å². The predicted octanol–water partition coefficient (Wildman–Crippen LogP) is 2.49. The van der Waals surface area contributed by atoms with Gasteiger partial charge in [-0.05, 0) is 57.5 Å². The van der Waals surface area contributed by atoms with E-state index in [4.69, 9.17) is 0 Å². The molecule has 0 aliphatic heterocycles. The molecule has 16 heavy (non-hydrogen) atoms. The summed E-state index contributed by atoms with van der Waals surface area (Å²) in [6, 6.07) is 1.69. The molecule has 0 aromatic heterocycles. The molecule has 1 N–H and O–H groups in total. The van der Waals surface area contributed by atoms with E-state index < -0.39 is 0 Å². The first kappa shape index (κ1) is 12.4. The zero-order valence-electron chi connectivity index (χ0n) is 11.2. The van der Waals surface area contributed by atoms with Crippen molar-refractivity contribution in [2.24, 2.45) is 11.8 Å². The summed E-state index contributed by atoms with van der Waals surface area (Å²) in [4.78, 5) is 2.81. The average Bonchev–Trinajstić information content (AvgIpc) is 3.14. The standard InChI is InChI=1S/C14H28N2/c1-4-15-9-11(2)12(3)16(14-7-8-14)10-13-5-6-13/h11-15H,4-10H2,1-3H3. The number of hydrogen-bond acceptors (Lipinski definition) is 2. The molecule has 2 nitrogen and oxygen atoms in total. The van der Waals surface area contributed by atoms with Gasteiger partial charge in [0.15, 0.2) is 0 Å². The third kappa shape index (κ3) is 3.46. The summed E-state index contributed by atoms with van der Waals surface area (Å²) in [5, 5.41) is 3.49. The first-order chi connectivity index (χ1) is 7.72. The van der Waals surface area contributed by atoms with Crippen molar-refractivity contribution in [3.63, 3.8) is 0 Å². The fraction of sp³-hybridized carbons (Fsp3) is 1.00. The summed E-state index contributed by atoms with van der Waals surface area (Å²) in [6.45, 7) is 10.7. The summed E-state index contributed by atoms with van der Waals surface area (Å²) in [6.07, 6.45) is 5.87. The minimum atomic E-state index is 0.757. The van der Waals surface area contributed by atoms with Gasteiger partial charge in [0, 0.05) is 18.6 Å². The number of nitrogens with zero attached hydrogens (tertiary/aromatic N) is 1. The lowest BCUT2D eigenvalue weighted by atomic mass is 10.0. The molecule has 2 heteroatoms. The Hall–Kier alpha value is -0.0800. The topological polar surface area (TPSA) is 15.3 Å². The average molecular weight is 224 g/mol. The van der Waals surface area contributed by atoms with Crippen LogP contribution in [0, 0.1) is 11.8 Å². The van der Waals surface area contributed by atoms with Crippen molar-refractivity contribution in [3.8, 4) is 0 Å². The Kier molecular flexibility index (Phi) is 4.26. The molecular weight excluding hydrogens is 196 g/mol. The maximum Gasteiger partial charge on any atom is 0.0108 e. The van der Waals surface area contributed by atoms with E-state index in [1.807, 2.05) is 0 Å². The Morgan fingerprint density at radius 1 is 1.19 bits per heavy atom. The van der Waals surface area contributed by atoms with Crippen molar-refractivity contribution >= 4 is 0 Å². The van der Waals surface area contributed by atoms with Crippen molar-refractivity contribution in [1.29, 1.82) is 0 Å². The van der Waals surface area contributed by atoms with Gasteiger partial charge >= 0.3 is 0 Å². The van der Waals surface area contributed by atoms with E-state index in [2.05, 4.69) is 31.0 Å². The lowest BCUT2D eigenvalue weighted by molar-refractivity contribution is 0.144. The monoisotopic (exact) mass is 224 g/mol. The summed E-state index contributed by atoms with van der Waals surface area (Å²) in [7, 11) is 0. The van der Waals surface area contributed by atoms with Crippen LogP contribution in [0.15, 0.2) is 0 Å². The van der Waals surface area contributed by atoms with Crippen molar-refractivity contribution in [3.05, 3.63) is 0 Å². The maximum absolute atomic E-state index is 3.49. The van der Waals surface area contributed by atoms with Crippen LogP contribution in [-0.4, -0.2) is 36.6 Å². The molecule has 2 atom stereocenters. The van der Waals surface area contributed by atoms with Gasteiger partial charge < -0.3 is 5.32 Å². The highest BCUT2D eigenvalue weighted by molar-refractivity contribution is 4.92. The molecule has 0 aromatic carbocycles. The van der Waals surface area contributed by atoms with Crippen LogP contribution in [0.1, 0.15) is 46.5 Å². The molecule has 0 heterocycles. The van der Waals surface area contributed by atoms with Crippen LogP contribution in [0.25, 0.3) is 0 Å². The highest BCUT2D eigenvalue weighted by Crippen LogP contribution is 2.36. The molecule has 2 aliphatic rings. The Morgan fingerprint density at radius 3 is 2.38 bits per heavy atom. The van der Waals surface area contributed by atoms with Gasteiger partial charge in [-0.25, -0.2) is 0 Å². The van der Waals surface area contributed by atoms with E-state index in [9.17, 15) is 0 Å². The van der Waals surface area contributed by atoms with Crippen LogP contribution >= 0.6 is 0 Å². The Labute approximate surface area is 101 Å². The van der Waals surface area contributed by atoms with Crippen molar-refractivity contribution in [2.75, 3.05) is 19.6 Å². The molecule has 2 aliphatic carbocycles. The lowest BCUT2D eigenvalue weighted by Gasteiger charge is -2.33. The van der Waals surface area contributed by atoms with Crippen LogP contribution in [0.3, 0.4) is 0 Å². The van der Waals surface area contributed by atoms with E-state index in [-0.39, 0.29) is 0 Å². The Morgan fingerprint density at radius 2 is 1.88 bits per heavy atom. The number of rotatable bonds is 8. The molecule has 2 fully saturated rings. The molecule has 0 radical (unpaired) electrons. The first-order valence-electron chi connectivity index (χ1n) is 7.18. The molecule has 94 valence electrons. The van der Waals surface area contributed by atoms with Gasteiger partial charge in [-0.15, -0.1) is 0 Å².